The van der Waals surface area contributed by atoms with E-state index in [4.69, 9.17) is 16.0 Å². The van der Waals surface area contributed by atoms with Crippen LogP contribution in [0.15, 0.2) is 28.7 Å². The van der Waals surface area contributed by atoms with Gasteiger partial charge in [0.25, 0.3) is 0 Å². The van der Waals surface area contributed by atoms with Gasteiger partial charge >= 0.3 is 0 Å². The SMILES string of the molecule is O=C(c1cc2cccc(Cl)c2o1)C1CCNCC1. The molecule has 3 rings (SSSR count). The third kappa shape index (κ3) is 2.04. The van der Waals surface area contributed by atoms with Crippen molar-refractivity contribution in [3.05, 3.63) is 35.0 Å². The summed E-state index contributed by atoms with van der Waals surface area (Å²) in [5.74, 6) is 0.611. The molecule has 1 aliphatic heterocycles. The van der Waals surface area contributed by atoms with Crippen LogP contribution >= 0.6 is 11.6 Å². The van der Waals surface area contributed by atoms with Crippen molar-refractivity contribution in [3.63, 3.8) is 0 Å². The summed E-state index contributed by atoms with van der Waals surface area (Å²) < 4.78 is 5.61. The maximum atomic E-state index is 12.3. The third-order valence-electron chi connectivity index (χ3n) is 3.45. The van der Waals surface area contributed by atoms with Crippen LogP contribution in [0.25, 0.3) is 11.0 Å². The molecule has 0 spiro atoms. The number of carbonyl (C=O) groups is 1. The molecule has 1 aliphatic rings. The second-order valence-corrected chi connectivity index (χ2v) is 5.06. The molecule has 2 aromatic rings. The monoisotopic (exact) mass is 263 g/mol. The van der Waals surface area contributed by atoms with Crippen LogP contribution in [0.4, 0.5) is 0 Å². The summed E-state index contributed by atoms with van der Waals surface area (Å²) in [5.41, 5.74) is 0.608. The first-order valence-electron chi connectivity index (χ1n) is 6.19. The molecule has 0 amide bonds. The fourth-order valence-corrected chi connectivity index (χ4v) is 2.65. The lowest BCUT2D eigenvalue weighted by Gasteiger charge is -2.20. The Hall–Kier alpha value is -1.32. The molecule has 94 valence electrons. The molecule has 0 aliphatic carbocycles. The average Bonchev–Trinajstić information content (AvgIpc) is 2.84. The molecule has 0 unspecified atom stereocenters. The number of hydrogen-bond acceptors (Lipinski definition) is 3. The zero-order chi connectivity index (χ0) is 12.5. The Bertz CT molecular complexity index is 584. The van der Waals surface area contributed by atoms with Crippen LogP contribution in [0.2, 0.25) is 5.02 Å². The number of rotatable bonds is 2. The first-order valence-corrected chi connectivity index (χ1v) is 6.56. The second-order valence-electron chi connectivity index (χ2n) is 4.66. The number of fused-ring (bicyclic) bond motifs is 1. The van der Waals surface area contributed by atoms with Gasteiger partial charge in [0.2, 0.25) is 5.78 Å². The van der Waals surface area contributed by atoms with Crippen molar-refractivity contribution in [1.29, 1.82) is 0 Å². The lowest BCUT2D eigenvalue weighted by Crippen LogP contribution is -2.31. The highest BCUT2D eigenvalue weighted by atomic mass is 35.5. The topological polar surface area (TPSA) is 42.2 Å². The second kappa shape index (κ2) is 4.75. The predicted octanol–water partition coefficient (Wildman–Crippen LogP) is 3.27. The van der Waals surface area contributed by atoms with Gasteiger partial charge in [0.1, 0.15) is 0 Å². The van der Waals surface area contributed by atoms with E-state index in [2.05, 4.69) is 5.32 Å². The minimum atomic E-state index is 0.0746. The number of para-hydroxylation sites is 1. The van der Waals surface area contributed by atoms with Gasteiger partial charge in [-0.1, -0.05) is 23.7 Å². The molecular formula is C14H14ClNO2. The summed E-state index contributed by atoms with van der Waals surface area (Å²) in [7, 11) is 0. The van der Waals surface area contributed by atoms with Crippen molar-refractivity contribution in [2.75, 3.05) is 13.1 Å². The zero-order valence-electron chi connectivity index (χ0n) is 9.91. The average molecular weight is 264 g/mol. The number of halogens is 1. The maximum absolute atomic E-state index is 12.3. The number of benzene rings is 1. The van der Waals surface area contributed by atoms with Crippen molar-refractivity contribution in [3.8, 4) is 0 Å². The number of carbonyl (C=O) groups excluding carboxylic acids is 1. The number of Topliss-reactive ketones (excluding diaryl/α,β-unsaturated/α-hetero) is 1. The molecule has 0 bridgehead atoms. The minimum absolute atomic E-state index is 0.0746. The van der Waals surface area contributed by atoms with Gasteiger partial charge in [-0.2, -0.15) is 0 Å². The van der Waals surface area contributed by atoms with Gasteiger partial charge in [0.05, 0.1) is 5.02 Å². The van der Waals surface area contributed by atoms with Gasteiger partial charge in [0, 0.05) is 11.3 Å². The lowest BCUT2D eigenvalue weighted by molar-refractivity contribution is 0.0868. The van der Waals surface area contributed by atoms with Crippen LogP contribution < -0.4 is 5.32 Å². The number of piperidine rings is 1. The standard InChI is InChI=1S/C14H14ClNO2/c15-11-3-1-2-10-8-12(18-14(10)11)13(17)9-4-6-16-7-5-9/h1-3,8-9,16H,4-7H2. The van der Waals surface area contributed by atoms with Crippen molar-refractivity contribution in [2.45, 2.75) is 12.8 Å². The molecule has 1 aromatic carbocycles. The summed E-state index contributed by atoms with van der Waals surface area (Å²) in [4.78, 5) is 12.3. The van der Waals surface area contributed by atoms with E-state index in [1.165, 1.54) is 0 Å². The van der Waals surface area contributed by atoms with Crippen LogP contribution in [0, 0.1) is 5.92 Å². The Morgan fingerprint density at radius 3 is 2.83 bits per heavy atom. The summed E-state index contributed by atoms with van der Waals surface area (Å²) >= 11 is 6.05. The first-order chi connectivity index (χ1) is 8.75. The normalized spacial score (nSPS) is 17.2. The predicted molar refractivity (Wildman–Crippen MR) is 71.1 cm³/mol. The van der Waals surface area contributed by atoms with E-state index in [0.29, 0.717) is 16.4 Å². The molecule has 1 N–H and O–H groups in total. The molecule has 1 saturated heterocycles. The van der Waals surface area contributed by atoms with E-state index in [9.17, 15) is 4.79 Å². The molecular weight excluding hydrogens is 250 g/mol. The van der Waals surface area contributed by atoms with Crippen LogP contribution in [-0.2, 0) is 0 Å². The van der Waals surface area contributed by atoms with Crippen molar-refractivity contribution < 1.29 is 9.21 Å². The molecule has 2 heterocycles. The highest BCUT2D eigenvalue weighted by Gasteiger charge is 2.25. The minimum Gasteiger partial charge on any atom is -0.451 e. The molecule has 0 saturated carbocycles. The number of hydrogen-bond donors (Lipinski definition) is 1. The lowest BCUT2D eigenvalue weighted by atomic mass is 9.92. The number of ketones is 1. The molecule has 4 heteroatoms. The third-order valence-corrected chi connectivity index (χ3v) is 3.75. The van der Waals surface area contributed by atoms with E-state index in [1.807, 2.05) is 12.1 Å². The van der Waals surface area contributed by atoms with Crippen molar-refractivity contribution in [1.82, 2.24) is 5.32 Å². The van der Waals surface area contributed by atoms with E-state index < -0.39 is 0 Å². The maximum Gasteiger partial charge on any atom is 0.201 e. The van der Waals surface area contributed by atoms with E-state index >= 15 is 0 Å². The number of furan rings is 1. The molecule has 1 aromatic heterocycles. The smallest absolute Gasteiger partial charge is 0.201 e. The molecule has 3 nitrogen and oxygen atoms in total. The summed E-state index contributed by atoms with van der Waals surface area (Å²) in [6.45, 7) is 1.80. The Kier molecular flexibility index (Phi) is 3.10. The van der Waals surface area contributed by atoms with Crippen LogP contribution in [-0.4, -0.2) is 18.9 Å². The fourth-order valence-electron chi connectivity index (χ4n) is 2.43. The van der Waals surface area contributed by atoms with Gasteiger partial charge in [-0.25, -0.2) is 0 Å². The number of nitrogens with one attached hydrogen (secondary N) is 1. The highest BCUT2D eigenvalue weighted by molar-refractivity contribution is 6.34. The van der Waals surface area contributed by atoms with Gasteiger partial charge < -0.3 is 9.73 Å². The summed E-state index contributed by atoms with van der Waals surface area (Å²) in [5, 5.41) is 4.69. The van der Waals surface area contributed by atoms with Crippen LogP contribution in [0.1, 0.15) is 23.4 Å². The van der Waals surface area contributed by atoms with E-state index in [1.54, 1.807) is 12.1 Å². The summed E-state index contributed by atoms with van der Waals surface area (Å²) in [6, 6.07) is 7.33. The van der Waals surface area contributed by atoms with Gasteiger partial charge in [-0.3, -0.25) is 4.79 Å². The fraction of sp³-hybridized carbons (Fsp3) is 0.357. The van der Waals surface area contributed by atoms with Gasteiger partial charge in [-0.15, -0.1) is 0 Å². The zero-order valence-corrected chi connectivity index (χ0v) is 10.7. The summed E-state index contributed by atoms with van der Waals surface area (Å²) in [6.07, 6.45) is 1.76. The van der Waals surface area contributed by atoms with Gasteiger partial charge in [-0.05, 0) is 38.1 Å². The molecule has 1 fully saturated rings. The highest BCUT2D eigenvalue weighted by Crippen LogP contribution is 2.29. The molecule has 18 heavy (non-hydrogen) atoms. The van der Waals surface area contributed by atoms with Crippen molar-refractivity contribution >= 4 is 28.4 Å². The quantitative estimate of drug-likeness (QED) is 0.846. The largest absolute Gasteiger partial charge is 0.451 e. The van der Waals surface area contributed by atoms with Crippen LogP contribution in [0.5, 0.6) is 0 Å². The van der Waals surface area contributed by atoms with E-state index in [-0.39, 0.29) is 11.7 Å². The first kappa shape index (κ1) is 11.8. The Morgan fingerprint density at radius 2 is 2.11 bits per heavy atom. The molecule has 0 radical (unpaired) electrons. The Morgan fingerprint density at radius 1 is 1.33 bits per heavy atom. The molecule has 0 atom stereocenters. The van der Waals surface area contributed by atoms with E-state index in [0.717, 1.165) is 31.3 Å². The Balaban J connectivity index is 1.94. The Labute approximate surface area is 110 Å². The van der Waals surface area contributed by atoms with Crippen LogP contribution in [0.3, 0.4) is 0 Å². The van der Waals surface area contributed by atoms with Crippen molar-refractivity contribution in [2.24, 2.45) is 5.92 Å². The van der Waals surface area contributed by atoms with Gasteiger partial charge in [0.15, 0.2) is 11.3 Å².